The van der Waals surface area contributed by atoms with Gasteiger partial charge in [-0.15, -0.1) is 0 Å². The number of esters is 1. The van der Waals surface area contributed by atoms with Gasteiger partial charge in [-0.2, -0.15) is 4.57 Å². The molecule has 0 amide bonds. The van der Waals surface area contributed by atoms with Crippen LogP contribution in [0.2, 0.25) is 0 Å². The zero-order chi connectivity index (χ0) is 10.6. The van der Waals surface area contributed by atoms with Gasteiger partial charge in [0, 0.05) is 0 Å². The molecule has 0 aromatic carbocycles. The number of aliphatic hydroxyl groups excluding tert-OH is 1. The van der Waals surface area contributed by atoms with Crippen molar-refractivity contribution in [3.8, 4) is 0 Å². The Balaban J connectivity index is 2.66. The normalized spacial score (nSPS) is 12.5. The molecular weight excluding hydrogens is 202 g/mol. The smallest absolute Gasteiger partial charge is 0.372 e. The van der Waals surface area contributed by atoms with Gasteiger partial charge in [-0.3, -0.25) is 0 Å². The lowest BCUT2D eigenvalue weighted by atomic mass is 10.4. The van der Waals surface area contributed by atoms with Crippen LogP contribution in [-0.4, -0.2) is 17.7 Å². The molecule has 1 rings (SSSR count). The summed E-state index contributed by atoms with van der Waals surface area (Å²) in [6.07, 6.45) is 1.22. The Kier molecular flexibility index (Phi) is 4.03. The molecule has 0 fully saturated rings. The fraction of sp³-hybridized carbons (Fsp3) is 0.556. The average Bonchev–Trinajstić information content (AvgIpc) is 2.52. The number of thiazole rings is 1. The van der Waals surface area contributed by atoms with E-state index < -0.39 is 6.10 Å². The molecular formula is C9H14NO3S+. The molecule has 1 aromatic rings. The first-order valence-electron chi connectivity index (χ1n) is 4.45. The van der Waals surface area contributed by atoms with Crippen molar-refractivity contribution in [3.05, 3.63) is 16.6 Å². The van der Waals surface area contributed by atoms with Crippen LogP contribution >= 0.6 is 11.3 Å². The number of aliphatic hydroxyl groups is 1. The minimum atomic E-state index is -0.551. The number of carbonyl (C=O) groups is 1. The molecule has 0 aliphatic rings. The largest absolute Gasteiger partial charge is 0.461 e. The van der Waals surface area contributed by atoms with Crippen LogP contribution in [0, 0.1) is 0 Å². The SMILES string of the molecule is CCOC(=O)C[n+]1ccsc1C(C)O. The first kappa shape index (κ1) is 11.1. The van der Waals surface area contributed by atoms with Gasteiger partial charge in [0.05, 0.1) is 12.0 Å². The summed E-state index contributed by atoms with van der Waals surface area (Å²) in [4.78, 5) is 11.2. The second-order valence-corrected chi connectivity index (χ2v) is 3.78. The Labute approximate surface area is 86.8 Å². The molecule has 0 saturated carbocycles. The van der Waals surface area contributed by atoms with Crippen LogP contribution in [0.4, 0.5) is 0 Å². The van der Waals surface area contributed by atoms with Gasteiger partial charge in [0.2, 0.25) is 6.54 Å². The second-order valence-electron chi connectivity index (χ2n) is 2.85. The Morgan fingerprint density at radius 3 is 3.07 bits per heavy atom. The van der Waals surface area contributed by atoms with Gasteiger partial charge in [0.25, 0.3) is 5.01 Å². The molecule has 0 spiro atoms. The molecule has 5 heteroatoms. The first-order chi connectivity index (χ1) is 6.65. The van der Waals surface area contributed by atoms with E-state index in [-0.39, 0.29) is 12.5 Å². The highest BCUT2D eigenvalue weighted by Gasteiger charge is 2.20. The lowest BCUT2D eigenvalue weighted by molar-refractivity contribution is -0.691. The maximum atomic E-state index is 11.2. The number of carbonyl (C=O) groups excluding carboxylic acids is 1. The van der Waals surface area contributed by atoms with E-state index in [1.807, 2.05) is 5.38 Å². The zero-order valence-electron chi connectivity index (χ0n) is 8.27. The Morgan fingerprint density at radius 2 is 2.50 bits per heavy atom. The Hall–Kier alpha value is -0.940. The average molecular weight is 216 g/mol. The number of nitrogens with zero attached hydrogens (tertiary/aromatic N) is 1. The van der Waals surface area contributed by atoms with Crippen LogP contribution in [0.15, 0.2) is 11.6 Å². The van der Waals surface area contributed by atoms with E-state index in [1.165, 1.54) is 11.3 Å². The van der Waals surface area contributed by atoms with Crippen molar-refractivity contribution < 1.29 is 19.2 Å². The fourth-order valence-electron chi connectivity index (χ4n) is 1.13. The monoisotopic (exact) mass is 216 g/mol. The molecule has 1 heterocycles. The summed E-state index contributed by atoms with van der Waals surface area (Å²) < 4.78 is 6.51. The molecule has 4 nitrogen and oxygen atoms in total. The van der Waals surface area contributed by atoms with Crippen molar-refractivity contribution in [2.24, 2.45) is 0 Å². The molecule has 1 atom stereocenters. The molecule has 1 N–H and O–H groups in total. The molecule has 0 saturated heterocycles. The van der Waals surface area contributed by atoms with Crippen molar-refractivity contribution in [2.45, 2.75) is 26.5 Å². The maximum absolute atomic E-state index is 11.2. The predicted molar refractivity (Wildman–Crippen MR) is 51.8 cm³/mol. The summed E-state index contributed by atoms with van der Waals surface area (Å²) in [5, 5.41) is 12.0. The standard InChI is InChI=1S/C9H14NO3S/c1-3-13-8(12)6-10-4-5-14-9(10)7(2)11/h4-5,7,11H,3,6H2,1-2H3/q+1. The van der Waals surface area contributed by atoms with E-state index in [9.17, 15) is 9.90 Å². The number of aromatic nitrogens is 1. The van der Waals surface area contributed by atoms with Crippen LogP contribution in [0.1, 0.15) is 25.0 Å². The third-order valence-corrected chi connectivity index (χ3v) is 2.75. The van der Waals surface area contributed by atoms with Crippen molar-refractivity contribution in [3.63, 3.8) is 0 Å². The third kappa shape index (κ3) is 2.78. The van der Waals surface area contributed by atoms with Crippen molar-refractivity contribution in [1.29, 1.82) is 0 Å². The third-order valence-electron chi connectivity index (χ3n) is 1.67. The summed E-state index contributed by atoms with van der Waals surface area (Å²) >= 11 is 1.42. The summed E-state index contributed by atoms with van der Waals surface area (Å²) in [5.74, 6) is -0.280. The van der Waals surface area contributed by atoms with E-state index >= 15 is 0 Å². The van der Waals surface area contributed by atoms with Gasteiger partial charge in [-0.25, -0.2) is 4.79 Å². The molecule has 0 aliphatic heterocycles. The second kappa shape index (κ2) is 5.07. The molecule has 78 valence electrons. The quantitative estimate of drug-likeness (QED) is 0.594. The van der Waals surface area contributed by atoms with Gasteiger partial charge in [-0.1, -0.05) is 11.3 Å². The molecule has 1 aromatic heterocycles. The maximum Gasteiger partial charge on any atom is 0.372 e. The molecule has 1 unspecified atom stereocenters. The van der Waals surface area contributed by atoms with E-state index in [0.717, 1.165) is 5.01 Å². The highest BCUT2D eigenvalue weighted by Crippen LogP contribution is 2.12. The van der Waals surface area contributed by atoms with Gasteiger partial charge < -0.3 is 9.84 Å². The lowest BCUT2D eigenvalue weighted by Crippen LogP contribution is -2.40. The minimum absolute atomic E-state index is 0.164. The van der Waals surface area contributed by atoms with Gasteiger partial charge in [0.1, 0.15) is 6.10 Å². The minimum Gasteiger partial charge on any atom is -0.461 e. The lowest BCUT2D eigenvalue weighted by Gasteiger charge is -2.00. The van der Waals surface area contributed by atoms with Crippen molar-refractivity contribution in [2.75, 3.05) is 6.61 Å². The van der Waals surface area contributed by atoms with Crippen LogP contribution in [0.5, 0.6) is 0 Å². The summed E-state index contributed by atoms with van der Waals surface area (Å²) in [5.41, 5.74) is 0. The van der Waals surface area contributed by atoms with Gasteiger partial charge in [0.15, 0.2) is 6.20 Å². The van der Waals surface area contributed by atoms with Crippen LogP contribution in [0.25, 0.3) is 0 Å². The summed E-state index contributed by atoms with van der Waals surface area (Å²) in [6, 6.07) is 0. The molecule has 14 heavy (non-hydrogen) atoms. The predicted octanol–water partition coefficient (Wildman–Crippen LogP) is 0.652. The van der Waals surface area contributed by atoms with Gasteiger partial charge in [-0.05, 0) is 13.8 Å². The molecule has 0 bridgehead atoms. The first-order valence-corrected chi connectivity index (χ1v) is 5.33. The highest BCUT2D eigenvalue weighted by atomic mass is 32.1. The molecule has 0 radical (unpaired) electrons. The van der Waals surface area contributed by atoms with E-state index in [4.69, 9.17) is 4.74 Å². The number of hydrogen-bond donors (Lipinski definition) is 1. The van der Waals surface area contributed by atoms with Crippen molar-refractivity contribution >= 4 is 17.3 Å². The number of ether oxygens (including phenoxy) is 1. The number of rotatable bonds is 4. The van der Waals surface area contributed by atoms with Crippen LogP contribution in [-0.2, 0) is 16.1 Å². The van der Waals surface area contributed by atoms with E-state index in [0.29, 0.717) is 6.61 Å². The van der Waals surface area contributed by atoms with Gasteiger partial charge >= 0.3 is 5.97 Å². The van der Waals surface area contributed by atoms with E-state index in [2.05, 4.69) is 0 Å². The molecule has 0 aliphatic carbocycles. The Morgan fingerprint density at radius 1 is 1.79 bits per heavy atom. The highest BCUT2D eigenvalue weighted by molar-refractivity contribution is 7.09. The van der Waals surface area contributed by atoms with Crippen LogP contribution in [0.3, 0.4) is 0 Å². The van der Waals surface area contributed by atoms with E-state index in [1.54, 1.807) is 24.6 Å². The number of hydrogen-bond acceptors (Lipinski definition) is 4. The zero-order valence-corrected chi connectivity index (χ0v) is 9.08. The van der Waals surface area contributed by atoms with Crippen LogP contribution < -0.4 is 4.57 Å². The summed E-state index contributed by atoms with van der Waals surface area (Å²) in [6.45, 7) is 3.99. The topological polar surface area (TPSA) is 50.4 Å². The Bertz CT molecular complexity index is 309. The summed E-state index contributed by atoms with van der Waals surface area (Å²) in [7, 11) is 0. The van der Waals surface area contributed by atoms with Crippen molar-refractivity contribution in [1.82, 2.24) is 0 Å². The fourth-order valence-corrected chi connectivity index (χ4v) is 1.93.